The topological polar surface area (TPSA) is 24.5 Å². The van der Waals surface area contributed by atoms with Gasteiger partial charge in [0.15, 0.2) is 0 Å². The van der Waals surface area contributed by atoms with Gasteiger partial charge in [0, 0.05) is 0 Å². The molecule has 78 valence electrons. The van der Waals surface area contributed by atoms with Gasteiger partial charge in [-0.3, -0.25) is 4.90 Å². The van der Waals surface area contributed by atoms with Crippen LogP contribution in [0.15, 0.2) is 12.0 Å². The van der Waals surface area contributed by atoms with Crippen molar-refractivity contribution in [2.24, 2.45) is 0 Å². The van der Waals surface area contributed by atoms with Crippen LogP contribution in [0.25, 0.3) is 0 Å². The standard InChI is InChI=1S/C9H22N2OSi/c1-4-10-13-8-7-12-9-11(5-2)6-3/h7-8,10H,4-6,9,13H2,1-3H3. The number of hydrogen-bond acceptors (Lipinski definition) is 3. The average Bonchev–Trinajstić information content (AvgIpc) is 2.17. The van der Waals surface area contributed by atoms with E-state index in [1.54, 1.807) is 0 Å². The quantitative estimate of drug-likeness (QED) is 0.268. The third-order valence-corrected chi connectivity index (χ3v) is 3.07. The zero-order chi connectivity index (χ0) is 9.94. The fourth-order valence-corrected chi connectivity index (χ4v) is 1.59. The highest BCUT2D eigenvalue weighted by molar-refractivity contribution is 6.38. The van der Waals surface area contributed by atoms with Crippen LogP contribution < -0.4 is 4.98 Å². The zero-order valence-corrected chi connectivity index (χ0v) is 10.5. The maximum Gasteiger partial charge on any atom is 0.141 e. The van der Waals surface area contributed by atoms with Crippen molar-refractivity contribution in [3.05, 3.63) is 12.0 Å². The molecule has 0 bridgehead atoms. The molecule has 0 aromatic heterocycles. The first-order chi connectivity index (χ1) is 6.35. The highest BCUT2D eigenvalue weighted by Gasteiger charge is 1.94. The first-order valence-corrected chi connectivity index (χ1v) is 6.57. The van der Waals surface area contributed by atoms with E-state index in [2.05, 4.69) is 36.4 Å². The van der Waals surface area contributed by atoms with Gasteiger partial charge >= 0.3 is 0 Å². The van der Waals surface area contributed by atoms with Crippen LogP contribution >= 0.6 is 0 Å². The third-order valence-electron chi connectivity index (χ3n) is 1.86. The highest BCUT2D eigenvalue weighted by atomic mass is 28.2. The molecule has 0 saturated carbocycles. The minimum Gasteiger partial charge on any atom is -0.486 e. The Kier molecular flexibility index (Phi) is 9.52. The van der Waals surface area contributed by atoms with E-state index in [-0.39, 0.29) is 9.68 Å². The molecule has 0 aliphatic heterocycles. The summed E-state index contributed by atoms with van der Waals surface area (Å²) < 4.78 is 5.36. The Morgan fingerprint density at radius 3 is 2.54 bits per heavy atom. The fourth-order valence-electron chi connectivity index (χ4n) is 0.898. The van der Waals surface area contributed by atoms with Gasteiger partial charge in [0.25, 0.3) is 0 Å². The highest BCUT2D eigenvalue weighted by Crippen LogP contribution is 1.87. The molecule has 0 atom stereocenters. The minimum absolute atomic E-state index is 0.220. The molecule has 0 saturated heterocycles. The fraction of sp³-hybridized carbons (Fsp3) is 0.778. The minimum atomic E-state index is -0.220. The number of hydrogen-bond donors (Lipinski definition) is 1. The predicted molar refractivity (Wildman–Crippen MR) is 60.2 cm³/mol. The lowest BCUT2D eigenvalue weighted by Crippen LogP contribution is -2.24. The van der Waals surface area contributed by atoms with Crippen molar-refractivity contribution in [2.75, 3.05) is 26.4 Å². The van der Waals surface area contributed by atoms with E-state index < -0.39 is 0 Å². The molecule has 0 aliphatic rings. The number of nitrogens with one attached hydrogen (secondary N) is 1. The Hall–Kier alpha value is -0.323. The normalized spacial score (nSPS) is 12.3. The van der Waals surface area contributed by atoms with Crippen molar-refractivity contribution in [2.45, 2.75) is 20.8 Å². The molecule has 13 heavy (non-hydrogen) atoms. The Bertz CT molecular complexity index is 127. The van der Waals surface area contributed by atoms with Gasteiger partial charge in [0.2, 0.25) is 0 Å². The molecule has 0 aromatic rings. The second-order valence-electron chi connectivity index (χ2n) is 2.78. The van der Waals surface area contributed by atoms with Crippen LogP contribution in [0, 0.1) is 0 Å². The predicted octanol–water partition coefficient (Wildman–Crippen LogP) is 0.467. The van der Waals surface area contributed by atoms with E-state index in [0.717, 1.165) is 19.6 Å². The Morgan fingerprint density at radius 2 is 2.00 bits per heavy atom. The van der Waals surface area contributed by atoms with E-state index in [4.69, 9.17) is 4.74 Å². The maximum atomic E-state index is 5.36. The van der Waals surface area contributed by atoms with Gasteiger partial charge in [-0.1, -0.05) is 26.5 Å². The molecule has 0 rings (SSSR count). The summed E-state index contributed by atoms with van der Waals surface area (Å²) in [6.45, 7) is 10.3. The van der Waals surface area contributed by atoms with E-state index in [0.29, 0.717) is 6.73 Å². The van der Waals surface area contributed by atoms with E-state index in [1.165, 1.54) is 0 Å². The third kappa shape index (κ3) is 8.02. The Labute approximate surface area is 84.0 Å². The van der Waals surface area contributed by atoms with Gasteiger partial charge in [-0.25, -0.2) is 0 Å². The van der Waals surface area contributed by atoms with Gasteiger partial charge in [-0.15, -0.1) is 0 Å². The molecule has 0 aliphatic carbocycles. The van der Waals surface area contributed by atoms with Crippen LogP contribution in [-0.4, -0.2) is 40.9 Å². The molecule has 0 radical (unpaired) electrons. The maximum absolute atomic E-state index is 5.36. The van der Waals surface area contributed by atoms with Crippen LogP contribution in [-0.2, 0) is 4.74 Å². The van der Waals surface area contributed by atoms with Crippen molar-refractivity contribution in [3.63, 3.8) is 0 Å². The number of rotatable bonds is 8. The average molecular weight is 202 g/mol. The Balaban J connectivity index is 3.26. The molecule has 0 unspecified atom stereocenters. The van der Waals surface area contributed by atoms with Gasteiger partial charge in [-0.05, 0) is 19.6 Å². The molecule has 0 amide bonds. The van der Waals surface area contributed by atoms with Crippen molar-refractivity contribution in [1.82, 2.24) is 9.88 Å². The summed E-state index contributed by atoms with van der Waals surface area (Å²) in [4.78, 5) is 5.56. The first-order valence-electron chi connectivity index (χ1n) is 5.04. The van der Waals surface area contributed by atoms with Crippen molar-refractivity contribution in [3.8, 4) is 0 Å². The summed E-state index contributed by atoms with van der Waals surface area (Å²) in [5, 5.41) is 0. The van der Waals surface area contributed by atoms with Crippen molar-refractivity contribution < 1.29 is 4.74 Å². The van der Waals surface area contributed by atoms with Crippen LogP contribution in [0.5, 0.6) is 0 Å². The summed E-state index contributed by atoms with van der Waals surface area (Å²) in [7, 11) is -0.220. The molecule has 0 fully saturated rings. The van der Waals surface area contributed by atoms with E-state index >= 15 is 0 Å². The molecular weight excluding hydrogens is 180 g/mol. The SMILES string of the molecule is CCN[SiH2]C=COCN(CC)CC. The van der Waals surface area contributed by atoms with Crippen LogP contribution in [0.3, 0.4) is 0 Å². The van der Waals surface area contributed by atoms with E-state index in [1.807, 2.05) is 6.26 Å². The molecule has 4 heteroatoms. The summed E-state index contributed by atoms with van der Waals surface area (Å²) in [6.07, 6.45) is 1.83. The molecule has 0 heterocycles. The lowest BCUT2D eigenvalue weighted by atomic mass is 10.6. The van der Waals surface area contributed by atoms with Gasteiger partial charge in [-0.2, -0.15) is 0 Å². The number of ether oxygens (including phenoxy) is 1. The lowest BCUT2D eigenvalue weighted by Gasteiger charge is -2.16. The first kappa shape index (κ1) is 12.7. The van der Waals surface area contributed by atoms with Gasteiger partial charge in [0.1, 0.15) is 16.4 Å². The molecule has 0 spiro atoms. The molecular formula is C9H22N2OSi. The second kappa shape index (κ2) is 9.76. The molecule has 1 N–H and O–H groups in total. The molecule has 3 nitrogen and oxygen atoms in total. The van der Waals surface area contributed by atoms with Crippen molar-refractivity contribution >= 4 is 9.68 Å². The number of nitrogens with zero attached hydrogens (tertiary/aromatic N) is 1. The summed E-state index contributed by atoms with van der Waals surface area (Å²) >= 11 is 0. The smallest absolute Gasteiger partial charge is 0.141 e. The van der Waals surface area contributed by atoms with Crippen LogP contribution in [0.4, 0.5) is 0 Å². The van der Waals surface area contributed by atoms with E-state index in [9.17, 15) is 0 Å². The van der Waals surface area contributed by atoms with Crippen molar-refractivity contribution in [1.29, 1.82) is 0 Å². The molecule has 0 aromatic carbocycles. The second-order valence-corrected chi connectivity index (χ2v) is 4.16. The summed E-state index contributed by atoms with van der Waals surface area (Å²) in [6, 6.07) is 0. The Morgan fingerprint density at radius 1 is 1.31 bits per heavy atom. The van der Waals surface area contributed by atoms with Gasteiger partial charge < -0.3 is 9.72 Å². The summed E-state index contributed by atoms with van der Waals surface area (Å²) in [5.74, 6) is 0. The van der Waals surface area contributed by atoms with Gasteiger partial charge in [0.05, 0.1) is 6.26 Å². The lowest BCUT2D eigenvalue weighted by molar-refractivity contribution is 0.0999. The van der Waals surface area contributed by atoms with Crippen LogP contribution in [0.1, 0.15) is 20.8 Å². The largest absolute Gasteiger partial charge is 0.486 e. The summed E-state index contributed by atoms with van der Waals surface area (Å²) in [5.41, 5.74) is 2.13. The van der Waals surface area contributed by atoms with Crippen LogP contribution in [0.2, 0.25) is 0 Å². The monoisotopic (exact) mass is 202 g/mol. The zero-order valence-electron chi connectivity index (χ0n) is 9.05.